The SMILES string of the molecule is COc1ccc(C(=O)CNc2ccc(S(=O)(=O)N3CCC(C)CC3)cc2)cc1. The second-order valence-corrected chi connectivity index (χ2v) is 9.05. The molecule has 6 nitrogen and oxygen atoms in total. The zero-order valence-electron chi connectivity index (χ0n) is 16.2. The third kappa shape index (κ3) is 4.72. The third-order valence-corrected chi connectivity index (χ3v) is 7.01. The van der Waals surface area contributed by atoms with Crippen molar-refractivity contribution in [3.05, 3.63) is 54.1 Å². The lowest BCUT2D eigenvalue weighted by Crippen LogP contribution is -2.37. The lowest BCUT2D eigenvalue weighted by atomic mass is 10.0. The first-order chi connectivity index (χ1) is 13.4. The summed E-state index contributed by atoms with van der Waals surface area (Å²) in [6.45, 7) is 3.42. The number of methoxy groups -OCH3 is 1. The summed E-state index contributed by atoms with van der Waals surface area (Å²) in [6, 6.07) is 13.5. The van der Waals surface area contributed by atoms with Crippen LogP contribution >= 0.6 is 0 Å². The number of anilines is 1. The van der Waals surface area contributed by atoms with Gasteiger partial charge in [0.25, 0.3) is 0 Å². The van der Waals surface area contributed by atoms with E-state index in [1.807, 2.05) is 0 Å². The van der Waals surface area contributed by atoms with Gasteiger partial charge in [0, 0.05) is 24.3 Å². The Balaban J connectivity index is 1.60. The number of Topliss-reactive ketones (excluding diaryl/α,β-unsaturated/α-hetero) is 1. The van der Waals surface area contributed by atoms with Gasteiger partial charge in [0.1, 0.15) is 5.75 Å². The van der Waals surface area contributed by atoms with E-state index in [-0.39, 0.29) is 17.2 Å². The Bertz CT molecular complexity index is 900. The van der Waals surface area contributed by atoms with Gasteiger partial charge in [0.05, 0.1) is 18.6 Å². The summed E-state index contributed by atoms with van der Waals surface area (Å²) in [7, 11) is -1.88. The first-order valence-corrected chi connectivity index (χ1v) is 10.9. The monoisotopic (exact) mass is 402 g/mol. The van der Waals surface area contributed by atoms with Crippen molar-refractivity contribution < 1.29 is 17.9 Å². The van der Waals surface area contributed by atoms with Crippen molar-refractivity contribution in [3.8, 4) is 5.75 Å². The zero-order chi connectivity index (χ0) is 20.1. The van der Waals surface area contributed by atoms with Gasteiger partial charge in [0.2, 0.25) is 10.0 Å². The summed E-state index contributed by atoms with van der Waals surface area (Å²) >= 11 is 0. The van der Waals surface area contributed by atoms with Crippen molar-refractivity contribution in [2.24, 2.45) is 5.92 Å². The molecule has 0 atom stereocenters. The van der Waals surface area contributed by atoms with Crippen LogP contribution in [0.4, 0.5) is 5.69 Å². The number of carbonyl (C=O) groups is 1. The molecule has 1 aliphatic rings. The number of nitrogens with one attached hydrogen (secondary N) is 1. The highest BCUT2D eigenvalue weighted by Crippen LogP contribution is 2.24. The van der Waals surface area contributed by atoms with E-state index in [0.29, 0.717) is 36.0 Å². The molecule has 0 unspecified atom stereocenters. The molecule has 1 N–H and O–H groups in total. The predicted molar refractivity (Wildman–Crippen MR) is 109 cm³/mol. The van der Waals surface area contributed by atoms with Crippen LogP contribution in [0, 0.1) is 5.92 Å². The average Bonchev–Trinajstić information content (AvgIpc) is 2.72. The van der Waals surface area contributed by atoms with Crippen LogP contribution in [-0.2, 0) is 10.0 Å². The third-order valence-electron chi connectivity index (χ3n) is 5.10. The molecule has 0 aromatic heterocycles. The summed E-state index contributed by atoms with van der Waals surface area (Å²) in [5.41, 5.74) is 1.29. The van der Waals surface area contributed by atoms with Gasteiger partial charge in [-0.05, 0) is 67.3 Å². The number of rotatable bonds is 7. The molecule has 0 aliphatic carbocycles. The molecule has 28 heavy (non-hydrogen) atoms. The van der Waals surface area contributed by atoms with Crippen LogP contribution in [0.1, 0.15) is 30.1 Å². The van der Waals surface area contributed by atoms with Crippen LogP contribution in [0.2, 0.25) is 0 Å². The fourth-order valence-electron chi connectivity index (χ4n) is 3.18. The Kier molecular flexibility index (Phi) is 6.36. The van der Waals surface area contributed by atoms with Crippen LogP contribution in [0.25, 0.3) is 0 Å². The van der Waals surface area contributed by atoms with Gasteiger partial charge in [-0.1, -0.05) is 6.92 Å². The van der Waals surface area contributed by atoms with Crippen LogP contribution in [0.3, 0.4) is 0 Å². The first kappa shape index (κ1) is 20.4. The van der Waals surface area contributed by atoms with E-state index >= 15 is 0 Å². The van der Waals surface area contributed by atoms with Crippen molar-refractivity contribution in [2.75, 3.05) is 32.1 Å². The number of piperidine rings is 1. The summed E-state index contributed by atoms with van der Waals surface area (Å²) in [4.78, 5) is 12.6. The number of hydrogen-bond donors (Lipinski definition) is 1. The minimum atomic E-state index is -3.46. The number of benzene rings is 2. The molecule has 3 rings (SSSR count). The molecule has 1 fully saturated rings. The van der Waals surface area contributed by atoms with E-state index in [0.717, 1.165) is 12.8 Å². The second kappa shape index (κ2) is 8.75. The standard InChI is InChI=1S/C21H26N2O4S/c1-16-11-13-23(14-12-16)28(25,26)20-9-5-18(6-10-20)22-15-21(24)17-3-7-19(27-2)8-4-17/h3-10,16,22H,11-15H2,1-2H3. The molecular weight excluding hydrogens is 376 g/mol. The van der Waals surface area contributed by atoms with Crippen molar-refractivity contribution in [2.45, 2.75) is 24.7 Å². The average molecular weight is 403 g/mol. The fourth-order valence-corrected chi connectivity index (χ4v) is 4.65. The van der Waals surface area contributed by atoms with E-state index in [2.05, 4.69) is 12.2 Å². The van der Waals surface area contributed by atoms with Gasteiger partial charge >= 0.3 is 0 Å². The summed E-state index contributed by atoms with van der Waals surface area (Å²) in [6.07, 6.45) is 1.79. The lowest BCUT2D eigenvalue weighted by molar-refractivity contribution is 0.101. The normalized spacial score (nSPS) is 15.9. The molecule has 1 saturated heterocycles. The highest BCUT2D eigenvalue weighted by molar-refractivity contribution is 7.89. The number of ketones is 1. The number of carbonyl (C=O) groups excluding carboxylic acids is 1. The van der Waals surface area contributed by atoms with E-state index < -0.39 is 10.0 Å². The molecule has 0 spiro atoms. The van der Waals surface area contributed by atoms with Crippen LogP contribution in [0.5, 0.6) is 5.75 Å². The Morgan fingerprint density at radius 3 is 2.25 bits per heavy atom. The maximum Gasteiger partial charge on any atom is 0.243 e. The molecule has 0 bridgehead atoms. The van der Waals surface area contributed by atoms with Crippen molar-refractivity contribution in [3.63, 3.8) is 0 Å². The van der Waals surface area contributed by atoms with E-state index in [1.165, 1.54) is 0 Å². The van der Waals surface area contributed by atoms with Crippen LogP contribution < -0.4 is 10.1 Å². The molecule has 1 aliphatic heterocycles. The van der Waals surface area contributed by atoms with Gasteiger partial charge < -0.3 is 10.1 Å². The fraction of sp³-hybridized carbons (Fsp3) is 0.381. The number of ether oxygens (including phenoxy) is 1. The number of sulfonamides is 1. The van der Waals surface area contributed by atoms with Crippen molar-refractivity contribution in [1.82, 2.24) is 4.31 Å². The summed E-state index contributed by atoms with van der Waals surface area (Å²) in [5, 5.41) is 3.05. The molecule has 0 amide bonds. The van der Waals surface area contributed by atoms with E-state index in [1.54, 1.807) is 59.9 Å². The van der Waals surface area contributed by atoms with Crippen LogP contribution in [0.15, 0.2) is 53.4 Å². The molecule has 2 aromatic carbocycles. The largest absolute Gasteiger partial charge is 0.497 e. The molecular formula is C21H26N2O4S. The van der Waals surface area contributed by atoms with Crippen LogP contribution in [-0.4, -0.2) is 45.3 Å². The maximum atomic E-state index is 12.7. The molecule has 7 heteroatoms. The topological polar surface area (TPSA) is 75.7 Å². The van der Waals surface area contributed by atoms with E-state index in [4.69, 9.17) is 4.74 Å². The zero-order valence-corrected chi connectivity index (χ0v) is 17.0. The summed E-state index contributed by atoms with van der Waals surface area (Å²) < 4.78 is 32.1. The summed E-state index contributed by atoms with van der Waals surface area (Å²) in [5.74, 6) is 1.22. The maximum absolute atomic E-state index is 12.7. The Morgan fingerprint density at radius 1 is 1.07 bits per heavy atom. The van der Waals surface area contributed by atoms with Crippen molar-refractivity contribution in [1.29, 1.82) is 0 Å². The lowest BCUT2D eigenvalue weighted by Gasteiger charge is -2.29. The van der Waals surface area contributed by atoms with Gasteiger partial charge in [-0.25, -0.2) is 8.42 Å². The quantitative estimate of drug-likeness (QED) is 0.719. The highest BCUT2D eigenvalue weighted by atomic mass is 32.2. The predicted octanol–water partition coefficient (Wildman–Crippen LogP) is 3.41. The smallest absolute Gasteiger partial charge is 0.243 e. The molecule has 0 saturated carbocycles. The second-order valence-electron chi connectivity index (χ2n) is 7.12. The Hall–Kier alpha value is -2.38. The number of hydrogen-bond acceptors (Lipinski definition) is 5. The van der Waals surface area contributed by atoms with Gasteiger partial charge in [0.15, 0.2) is 5.78 Å². The van der Waals surface area contributed by atoms with Gasteiger partial charge in [-0.3, -0.25) is 4.79 Å². The highest BCUT2D eigenvalue weighted by Gasteiger charge is 2.27. The molecule has 150 valence electrons. The van der Waals surface area contributed by atoms with Gasteiger partial charge in [-0.2, -0.15) is 4.31 Å². The first-order valence-electron chi connectivity index (χ1n) is 9.41. The van der Waals surface area contributed by atoms with Crippen molar-refractivity contribution >= 4 is 21.5 Å². The number of nitrogens with zero attached hydrogens (tertiary/aromatic N) is 1. The van der Waals surface area contributed by atoms with E-state index in [9.17, 15) is 13.2 Å². The van der Waals surface area contributed by atoms with Gasteiger partial charge in [-0.15, -0.1) is 0 Å². The molecule has 2 aromatic rings. The Labute approximate surface area is 166 Å². The minimum absolute atomic E-state index is 0.0539. The Morgan fingerprint density at radius 2 is 1.68 bits per heavy atom. The molecule has 0 radical (unpaired) electrons. The molecule has 1 heterocycles. The minimum Gasteiger partial charge on any atom is -0.497 e.